The molecule has 0 aromatic heterocycles. The predicted molar refractivity (Wildman–Crippen MR) is 73.8 cm³/mol. The fraction of sp³-hybridized carbons (Fsp3) is 0.429. The number of benzene rings is 1. The average molecular weight is 279 g/mol. The molecule has 1 saturated carbocycles. The maximum absolute atomic E-state index is 13.3. The molecule has 0 atom stereocenters. The molecule has 6 heteroatoms. The van der Waals surface area contributed by atoms with Crippen molar-refractivity contribution in [2.24, 2.45) is 5.73 Å². The highest BCUT2D eigenvalue weighted by molar-refractivity contribution is 5.97. The fourth-order valence-corrected chi connectivity index (χ4v) is 2.36. The number of primary amides is 1. The van der Waals surface area contributed by atoms with Crippen molar-refractivity contribution < 1.29 is 14.0 Å². The lowest BCUT2D eigenvalue weighted by atomic mass is 10.2. The van der Waals surface area contributed by atoms with Gasteiger partial charge in [0.15, 0.2) is 0 Å². The van der Waals surface area contributed by atoms with E-state index in [1.54, 1.807) is 0 Å². The minimum atomic E-state index is -0.859. The van der Waals surface area contributed by atoms with Gasteiger partial charge in [-0.3, -0.25) is 9.59 Å². The first-order valence-corrected chi connectivity index (χ1v) is 6.69. The van der Waals surface area contributed by atoms with Gasteiger partial charge in [-0.05, 0) is 31.0 Å². The van der Waals surface area contributed by atoms with E-state index in [2.05, 4.69) is 10.6 Å². The van der Waals surface area contributed by atoms with Crippen LogP contribution in [-0.4, -0.2) is 24.4 Å². The zero-order valence-corrected chi connectivity index (χ0v) is 11.1. The van der Waals surface area contributed by atoms with Crippen LogP contribution in [0.15, 0.2) is 18.2 Å². The van der Waals surface area contributed by atoms with Crippen LogP contribution in [0.5, 0.6) is 0 Å². The number of amides is 2. The van der Waals surface area contributed by atoms with E-state index >= 15 is 0 Å². The van der Waals surface area contributed by atoms with Gasteiger partial charge in [0.1, 0.15) is 5.82 Å². The number of hydrogen-bond acceptors (Lipinski definition) is 3. The van der Waals surface area contributed by atoms with Gasteiger partial charge in [0.05, 0.1) is 12.1 Å². The number of anilines is 1. The van der Waals surface area contributed by atoms with Crippen LogP contribution >= 0.6 is 0 Å². The molecule has 1 aromatic rings. The summed E-state index contributed by atoms with van der Waals surface area (Å²) < 4.78 is 13.3. The van der Waals surface area contributed by atoms with E-state index in [4.69, 9.17) is 5.73 Å². The van der Waals surface area contributed by atoms with Gasteiger partial charge < -0.3 is 16.4 Å². The number of halogens is 1. The van der Waals surface area contributed by atoms with E-state index in [-0.39, 0.29) is 18.0 Å². The summed E-state index contributed by atoms with van der Waals surface area (Å²) >= 11 is 0. The maximum atomic E-state index is 13.3. The van der Waals surface area contributed by atoms with Crippen molar-refractivity contribution in [3.8, 4) is 0 Å². The fourth-order valence-electron chi connectivity index (χ4n) is 2.36. The average Bonchev–Trinajstić information content (AvgIpc) is 2.91. The highest BCUT2D eigenvalue weighted by Gasteiger charge is 2.15. The summed E-state index contributed by atoms with van der Waals surface area (Å²) in [5.74, 6) is -1.78. The van der Waals surface area contributed by atoms with Crippen LogP contribution in [0.25, 0.3) is 0 Å². The first-order chi connectivity index (χ1) is 9.56. The lowest BCUT2D eigenvalue weighted by Crippen LogP contribution is -2.34. The van der Waals surface area contributed by atoms with Crippen molar-refractivity contribution >= 4 is 17.5 Å². The van der Waals surface area contributed by atoms with E-state index < -0.39 is 11.7 Å². The number of nitrogens with two attached hydrogens (primary N) is 1. The number of hydrogen-bond donors (Lipinski definition) is 3. The quantitative estimate of drug-likeness (QED) is 0.761. The molecule has 108 valence electrons. The van der Waals surface area contributed by atoms with Crippen LogP contribution in [0, 0.1) is 5.82 Å². The minimum Gasteiger partial charge on any atom is -0.366 e. The SMILES string of the molecule is NC(=O)c1cc(NC(=O)CNC2CCCC2)ccc1F. The Balaban J connectivity index is 1.90. The Morgan fingerprint density at radius 1 is 1.30 bits per heavy atom. The molecule has 5 nitrogen and oxygen atoms in total. The molecule has 20 heavy (non-hydrogen) atoms. The summed E-state index contributed by atoms with van der Waals surface area (Å²) in [6.07, 6.45) is 4.57. The van der Waals surface area contributed by atoms with Crippen molar-refractivity contribution in [2.45, 2.75) is 31.7 Å². The molecule has 0 aliphatic heterocycles. The molecule has 0 radical (unpaired) electrons. The van der Waals surface area contributed by atoms with Crippen molar-refractivity contribution in [1.82, 2.24) is 5.32 Å². The van der Waals surface area contributed by atoms with Crippen LogP contribution in [0.3, 0.4) is 0 Å². The van der Waals surface area contributed by atoms with Gasteiger partial charge >= 0.3 is 0 Å². The second-order valence-corrected chi connectivity index (χ2v) is 4.97. The van der Waals surface area contributed by atoms with Crippen LogP contribution in [0.2, 0.25) is 0 Å². The van der Waals surface area contributed by atoms with E-state index in [0.717, 1.165) is 18.9 Å². The maximum Gasteiger partial charge on any atom is 0.251 e. The molecular weight excluding hydrogens is 261 g/mol. The zero-order chi connectivity index (χ0) is 14.5. The third-order valence-electron chi connectivity index (χ3n) is 3.42. The Morgan fingerprint density at radius 2 is 2.00 bits per heavy atom. The molecule has 2 amide bonds. The predicted octanol–water partition coefficient (Wildman–Crippen LogP) is 1.40. The van der Waals surface area contributed by atoms with Gasteiger partial charge in [0.25, 0.3) is 5.91 Å². The van der Waals surface area contributed by atoms with E-state index in [9.17, 15) is 14.0 Å². The zero-order valence-electron chi connectivity index (χ0n) is 11.1. The highest BCUT2D eigenvalue weighted by atomic mass is 19.1. The summed E-state index contributed by atoms with van der Waals surface area (Å²) in [7, 11) is 0. The summed E-state index contributed by atoms with van der Waals surface area (Å²) in [6.45, 7) is 0.202. The lowest BCUT2D eigenvalue weighted by molar-refractivity contribution is -0.115. The molecule has 0 heterocycles. The molecule has 0 bridgehead atoms. The first-order valence-electron chi connectivity index (χ1n) is 6.69. The van der Waals surface area contributed by atoms with Crippen LogP contribution in [-0.2, 0) is 4.79 Å². The standard InChI is InChI=1S/C14H18FN3O2/c15-12-6-5-10(7-11(12)14(16)20)18-13(19)8-17-9-3-1-2-4-9/h5-7,9,17H,1-4,8H2,(H2,16,20)(H,18,19). The molecule has 1 fully saturated rings. The third-order valence-corrected chi connectivity index (χ3v) is 3.42. The van der Waals surface area contributed by atoms with Gasteiger partial charge in [-0.15, -0.1) is 0 Å². The van der Waals surface area contributed by atoms with Gasteiger partial charge in [-0.2, -0.15) is 0 Å². The van der Waals surface area contributed by atoms with Gasteiger partial charge in [-0.1, -0.05) is 12.8 Å². The van der Waals surface area contributed by atoms with Crippen LogP contribution in [0.1, 0.15) is 36.0 Å². The summed E-state index contributed by atoms with van der Waals surface area (Å²) in [5, 5.41) is 5.79. The molecule has 1 aliphatic rings. The van der Waals surface area contributed by atoms with Crippen molar-refractivity contribution in [3.05, 3.63) is 29.6 Å². The summed E-state index contributed by atoms with van der Waals surface area (Å²) in [6, 6.07) is 4.15. The monoisotopic (exact) mass is 279 g/mol. The normalized spacial score (nSPS) is 15.2. The number of nitrogens with one attached hydrogen (secondary N) is 2. The topological polar surface area (TPSA) is 84.2 Å². The van der Waals surface area contributed by atoms with Crippen LogP contribution < -0.4 is 16.4 Å². The molecule has 2 rings (SSSR count). The van der Waals surface area contributed by atoms with E-state index in [0.29, 0.717) is 11.7 Å². The third kappa shape index (κ3) is 3.77. The number of rotatable bonds is 5. The largest absolute Gasteiger partial charge is 0.366 e. The Kier molecular flexibility index (Phi) is 4.68. The molecule has 0 saturated heterocycles. The molecule has 0 unspecified atom stereocenters. The Labute approximate surface area is 116 Å². The molecule has 0 spiro atoms. The van der Waals surface area contributed by atoms with Gasteiger partial charge in [-0.25, -0.2) is 4.39 Å². The Morgan fingerprint density at radius 3 is 2.65 bits per heavy atom. The summed E-state index contributed by atoms with van der Waals surface area (Å²) in [5.41, 5.74) is 5.18. The smallest absolute Gasteiger partial charge is 0.251 e. The van der Waals surface area contributed by atoms with Crippen molar-refractivity contribution in [3.63, 3.8) is 0 Å². The number of carbonyl (C=O) groups is 2. The van der Waals surface area contributed by atoms with E-state index in [1.165, 1.54) is 25.0 Å². The van der Waals surface area contributed by atoms with Crippen molar-refractivity contribution in [1.29, 1.82) is 0 Å². The second-order valence-electron chi connectivity index (χ2n) is 4.97. The summed E-state index contributed by atoms with van der Waals surface area (Å²) in [4.78, 5) is 22.8. The second kappa shape index (κ2) is 6.47. The van der Waals surface area contributed by atoms with Gasteiger partial charge in [0.2, 0.25) is 5.91 Å². The Bertz CT molecular complexity index is 513. The van der Waals surface area contributed by atoms with E-state index in [1.807, 2.05) is 0 Å². The molecule has 1 aliphatic carbocycles. The first kappa shape index (κ1) is 14.5. The van der Waals surface area contributed by atoms with Gasteiger partial charge in [0, 0.05) is 11.7 Å². The molecular formula is C14H18FN3O2. The highest BCUT2D eigenvalue weighted by Crippen LogP contribution is 2.17. The minimum absolute atomic E-state index is 0.202. The van der Waals surface area contributed by atoms with Crippen LogP contribution in [0.4, 0.5) is 10.1 Å². The van der Waals surface area contributed by atoms with Crippen molar-refractivity contribution in [2.75, 3.05) is 11.9 Å². The molecule has 1 aromatic carbocycles. The Hall–Kier alpha value is -1.95. The molecule has 4 N–H and O–H groups in total. The lowest BCUT2D eigenvalue weighted by Gasteiger charge is -2.12. The number of carbonyl (C=O) groups excluding carboxylic acids is 2.